The SMILES string of the molecule is CNCCc1c(F)ccc(C)c1O. The van der Waals surface area contributed by atoms with E-state index in [1.54, 1.807) is 20.0 Å². The summed E-state index contributed by atoms with van der Waals surface area (Å²) in [6.07, 6.45) is 0.510. The third-order valence-corrected chi connectivity index (χ3v) is 2.05. The van der Waals surface area contributed by atoms with Gasteiger partial charge in [-0.05, 0) is 38.6 Å². The van der Waals surface area contributed by atoms with E-state index >= 15 is 0 Å². The number of aromatic hydroxyl groups is 1. The molecule has 0 bridgehead atoms. The predicted octanol–water partition coefficient (Wildman–Crippen LogP) is 1.60. The van der Waals surface area contributed by atoms with Gasteiger partial charge in [-0.1, -0.05) is 6.07 Å². The first-order chi connectivity index (χ1) is 6.16. The Morgan fingerprint density at radius 2 is 2.15 bits per heavy atom. The van der Waals surface area contributed by atoms with Gasteiger partial charge in [-0.2, -0.15) is 0 Å². The van der Waals surface area contributed by atoms with E-state index in [1.165, 1.54) is 6.07 Å². The van der Waals surface area contributed by atoms with Crippen LogP contribution in [0.25, 0.3) is 0 Å². The molecular formula is C10H14FNO. The van der Waals surface area contributed by atoms with Gasteiger partial charge in [0.05, 0.1) is 0 Å². The Balaban J connectivity index is 2.96. The molecule has 0 saturated heterocycles. The second-order valence-corrected chi connectivity index (χ2v) is 3.04. The Morgan fingerprint density at radius 3 is 2.77 bits per heavy atom. The van der Waals surface area contributed by atoms with Gasteiger partial charge in [0.15, 0.2) is 0 Å². The first-order valence-electron chi connectivity index (χ1n) is 4.28. The third kappa shape index (κ3) is 2.18. The summed E-state index contributed by atoms with van der Waals surface area (Å²) in [5, 5.41) is 12.4. The lowest BCUT2D eigenvalue weighted by atomic mass is 10.1. The molecule has 0 aliphatic heterocycles. The highest BCUT2D eigenvalue weighted by Crippen LogP contribution is 2.24. The molecule has 1 aromatic carbocycles. The summed E-state index contributed by atoms with van der Waals surface area (Å²) >= 11 is 0. The van der Waals surface area contributed by atoms with E-state index in [2.05, 4.69) is 5.32 Å². The summed E-state index contributed by atoms with van der Waals surface area (Å²) in [5.41, 5.74) is 1.11. The monoisotopic (exact) mass is 183 g/mol. The van der Waals surface area contributed by atoms with Crippen molar-refractivity contribution in [2.45, 2.75) is 13.3 Å². The van der Waals surface area contributed by atoms with E-state index in [0.717, 1.165) is 0 Å². The van der Waals surface area contributed by atoms with Crippen molar-refractivity contribution in [3.63, 3.8) is 0 Å². The molecule has 1 rings (SSSR count). The van der Waals surface area contributed by atoms with Crippen molar-refractivity contribution < 1.29 is 9.50 Å². The Kier molecular flexibility index (Phi) is 3.25. The molecule has 13 heavy (non-hydrogen) atoms. The topological polar surface area (TPSA) is 32.3 Å². The smallest absolute Gasteiger partial charge is 0.130 e. The van der Waals surface area contributed by atoms with Gasteiger partial charge in [-0.3, -0.25) is 0 Å². The summed E-state index contributed by atoms with van der Waals surface area (Å²) < 4.78 is 13.2. The average molecular weight is 183 g/mol. The number of phenols is 1. The molecule has 2 nitrogen and oxygen atoms in total. The van der Waals surface area contributed by atoms with Crippen molar-refractivity contribution in [3.05, 3.63) is 29.1 Å². The Morgan fingerprint density at radius 1 is 1.46 bits per heavy atom. The highest BCUT2D eigenvalue weighted by molar-refractivity contribution is 5.40. The third-order valence-electron chi connectivity index (χ3n) is 2.05. The van der Waals surface area contributed by atoms with E-state index < -0.39 is 0 Å². The highest BCUT2D eigenvalue weighted by Gasteiger charge is 2.09. The number of halogens is 1. The molecule has 1 aromatic rings. The molecule has 0 aromatic heterocycles. The number of nitrogens with one attached hydrogen (secondary N) is 1. The van der Waals surface area contributed by atoms with Crippen LogP contribution in [-0.2, 0) is 6.42 Å². The van der Waals surface area contributed by atoms with Gasteiger partial charge in [0, 0.05) is 5.56 Å². The van der Waals surface area contributed by atoms with Crippen LogP contribution in [0.1, 0.15) is 11.1 Å². The Hall–Kier alpha value is -1.09. The molecule has 0 spiro atoms. The van der Waals surface area contributed by atoms with Crippen LogP contribution in [-0.4, -0.2) is 18.7 Å². The number of likely N-dealkylation sites (N-methyl/N-ethyl adjacent to an activating group) is 1. The normalized spacial score (nSPS) is 10.4. The fourth-order valence-electron chi connectivity index (χ4n) is 1.22. The van der Waals surface area contributed by atoms with E-state index in [-0.39, 0.29) is 11.6 Å². The lowest BCUT2D eigenvalue weighted by Gasteiger charge is -2.07. The van der Waals surface area contributed by atoms with Crippen molar-refractivity contribution in [1.82, 2.24) is 5.32 Å². The van der Waals surface area contributed by atoms with Crippen molar-refractivity contribution in [2.24, 2.45) is 0 Å². The van der Waals surface area contributed by atoms with Gasteiger partial charge in [0.25, 0.3) is 0 Å². The molecule has 0 atom stereocenters. The second kappa shape index (κ2) is 4.23. The average Bonchev–Trinajstić information content (AvgIpc) is 2.12. The number of benzene rings is 1. The zero-order valence-corrected chi connectivity index (χ0v) is 7.89. The molecule has 0 saturated carbocycles. The number of rotatable bonds is 3. The standard InChI is InChI=1S/C10H14FNO/c1-7-3-4-9(11)8(10(7)13)5-6-12-2/h3-4,12-13H,5-6H2,1-2H3. The first kappa shape index (κ1) is 9.99. The minimum Gasteiger partial charge on any atom is -0.507 e. The minimum absolute atomic E-state index is 0.0789. The van der Waals surface area contributed by atoms with Crippen molar-refractivity contribution in [1.29, 1.82) is 0 Å². The van der Waals surface area contributed by atoms with Gasteiger partial charge >= 0.3 is 0 Å². The van der Waals surface area contributed by atoms with Crippen LogP contribution in [0.2, 0.25) is 0 Å². The first-order valence-corrected chi connectivity index (χ1v) is 4.28. The van der Waals surface area contributed by atoms with Crippen LogP contribution >= 0.6 is 0 Å². The summed E-state index contributed by atoms with van der Waals surface area (Å²) in [6, 6.07) is 2.97. The van der Waals surface area contributed by atoms with Crippen LogP contribution < -0.4 is 5.32 Å². The molecule has 0 unspecified atom stereocenters. The number of hydrogen-bond donors (Lipinski definition) is 2. The zero-order chi connectivity index (χ0) is 9.84. The Labute approximate surface area is 77.4 Å². The number of aryl methyl sites for hydroxylation is 1. The maximum Gasteiger partial charge on any atom is 0.130 e. The van der Waals surface area contributed by atoms with Gasteiger partial charge in [0.2, 0.25) is 0 Å². The predicted molar refractivity (Wildman–Crippen MR) is 50.4 cm³/mol. The molecule has 2 N–H and O–H groups in total. The summed E-state index contributed by atoms with van der Waals surface area (Å²) in [4.78, 5) is 0. The zero-order valence-electron chi connectivity index (χ0n) is 7.89. The van der Waals surface area contributed by atoms with Gasteiger partial charge < -0.3 is 10.4 Å². The second-order valence-electron chi connectivity index (χ2n) is 3.04. The molecule has 72 valence electrons. The van der Waals surface area contributed by atoms with Gasteiger partial charge in [-0.25, -0.2) is 4.39 Å². The maximum atomic E-state index is 13.2. The van der Waals surface area contributed by atoms with Crippen molar-refractivity contribution >= 4 is 0 Å². The quantitative estimate of drug-likeness (QED) is 0.746. The molecule has 3 heteroatoms. The summed E-state index contributed by atoms with van der Waals surface area (Å²) in [7, 11) is 1.80. The van der Waals surface area contributed by atoms with Crippen LogP contribution in [0.3, 0.4) is 0 Å². The summed E-state index contributed by atoms with van der Waals surface area (Å²) in [5.74, 6) is -0.256. The number of hydrogen-bond acceptors (Lipinski definition) is 2. The lowest BCUT2D eigenvalue weighted by molar-refractivity contribution is 0.453. The largest absolute Gasteiger partial charge is 0.507 e. The van der Waals surface area contributed by atoms with Crippen molar-refractivity contribution in [2.75, 3.05) is 13.6 Å². The molecule has 0 radical (unpaired) electrons. The maximum absolute atomic E-state index is 13.2. The molecule has 0 amide bonds. The Bertz CT molecular complexity index is 299. The van der Waals surface area contributed by atoms with Crippen molar-refractivity contribution in [3.8, 4) is 5.75 Å². The van der Waals surface area contributed by atoms with Gasteiger partial charge in [-0.15, -0.1) is 0 Å². The van der Waals surface area contributed by atoms with Gasteiger partial charge in [0.1, 0.15) is 11.6 Å². The van der Waals surface area contributed by atoms with E-state index in [0.29, 0.717) is 24.1 Å². The van der Waals surface area contributed by atoms with Crippen LogP contribution in [0.4, 0.5) is 4.39 Å². The fourth-order valence-corrected chi connectivity index (χ4v) is 1.22. The van der Waals surface area contributed by atoms with Crippen LogP contribution in [0.15, 0.2) is 12.1 Å². The molecule has 0 aliphatic carbocycles. The van der Waals surface area contributed by atoms with E-state index in [1.807, 2.05) is 0 Å². The molecule has 0 fully saturated rings. The minimum atomic E-state index is -0.335. The molecular weight excluding hydrogens is 169 g/mol. The van der Waals surface area contributed by atoms with E-state index in [9.17, 15) is 9.50 Å². The molecule has 0 heterocycles. The van der Waals surface area contributed by atoms with Crippen LogP contribution in [0.5, 0.6) is 5.75 Å². The summed E-state index contributed by atoms with van der Waals surface area (Å²) in [6.45, 7) is 2.42. The highest BCUT2D eigenvalue weighted by atomic mass is 19.1. The fraction of sp³-hybridized carbons (Fsp3) is 0.400. The molecule has 0 aliphatic rings. The van der Waals surface area contributed by atoms with Crippen LogP contribution in [0, 0.1) is 12.7 Å². The van der Waals surface area contributed by atoms with E-state index in [4.69, 9.17) is 0 Å². The lowest BCUT2D eigenvalue weighted by Crippen LogP contribution is -2.11. The number of phenolic OH excluding ortho intramolecular Hbond substituents is 1.